The highest BCUT2D eigenvalue weighted by Gasteiger charge is 2.33. The van der Waals surface area contributed by atoms with Crippen LogP contribution in [0.3, 0.4) is 0 Å². The van der Waals surface area contributed by atoms with Crippen molar-refractivity contribution >= 4 is 33.5 Å². The number of fused-ring (bicyclic) bond motifs is 2. The summed E-state index contributed by atoms with van der Waals surface area (Å²) in [5.41, 5.74) is 2.35. The van der Waals surface area contributed by atoms with Gasteiger partial charge in [-0.1, -0.05) is 42.5 Å². The van der Waals surface area contributed by atoms with Crippen LogP contribution in [0.15, 0.2) is 66.0 Å². The van der Waals surface area contributed by atoms with Crippen molar-refractivity contribution in [2.75, 3.05) is 18.1 Å². The van der Waals surface area contributed by atoms with Gasteiger partial charge in [0, 0.05) is 17.7 Å². The summed E-state index contributed by atoms with van der Waals surface area (Å²) in [4.78, 5) is 33.0. The Balaban J connectivity index is 1.59. The van der Waals surface area contributed by atoms with Crippen LogP contribution in [-0.4, -0.2) is 33.7 Å². The average Bonchev–Trinajstić information content (AvgIpc) is 3.44. The first-order valence-electron chi connectivity index (χ1n) is 10.3. The molecule has 2 aromatic carbocycles. The van der Waals surface area contributed by atoms with E-state index in [1.54, 1.807) is 11.0 Å². The number of ether oxygens (including phenoxy) is 1. The number of benzene rings is 2. The number of carbonyl (C=O) groups excluding carboxylic acids is 1. The maximum absolute atomic E-state index is 13.2. The second kappa shape index (κ2) is 8.05. The Morgan fingerprint density at radius 3 is 2.62 bits per heavy atom. The standard InChI is InChI=1S/C24H20N4O3S/c1-3-13-27-18-8-6-5-7-17(18)19(22(27)29)20-23(30)28-24(32-20)25-21(26-28)15-9-11-16(12-10-15)31-14-4-2/h3,5-12H,1,4,13-14H2,2H3/b20-19-. The molecule has 0 fully saturated rings. The number of hydrogen-bond donors (Lipinski definition) is 0. The second-order valence-corrected chi connectivity index (χ2v) is 8.31. The summed E-state index contributed by atoms with van der Waals surface area (Å²) in [6.07, 6.45) is 2.61. The van der Waals surface area contributed by atoms with E-state index in [-0.39, 0.29) is 11.5 Å². The maximum atomic E-state index is 13.2. The molecular formula is C24H20N4O3S. The van der Waals surface area contributed by atoms with Crippen molar-refractivity contribution in [3.63, 3.8) is 0 Å². The molecule has 1 aliphatic heterocycles. The Morgan fingerprint density at radius 1 is 1.12 bits per heavy atom. The number of nitrogens with zero attached hydrogens (tertiary/aromatic N) is 4. The van der Waals surface area contributed by atoms with E-state index < -0.39 is 0 Å². The van der Waals surface area contributed by atoms with Gasteiger partial charge in [-0.25, -0.2) is 0 Å². The highest BCUT2D eigenvalue weighted by Crippen LogP contribution is 2.35. The first kappa shape index (κ1) is 20.1. The van der Waals surface area contributed by atoms with Crippen molar-refractivity contribution in [2.24, 2.45) is 0 Å². The quantitative estimate of drug-likeness (QED) is 0.427. The summed E-state index contributed by atoms with van der Waals surface area (Å²) < 4.78 is 7.23. The van der Waals surface area contributed by atoms with E-state index in [0.717, 1.165) is 29.0 Å². The van der Waals surface area contributed by atoms with E-state index in [4.69, 9.17) is 4.74 Å². The highest BCUT2D eigenvalue weighted by atomic mass is 32.1. The van der Waals surface area contributed by atoms with Gasteiger partial charge in [0.2, 0.25) is 4.96 Å². The van der Waals surface area contributed by atoms with E-state index in [9.17, 15) is 9.59 Å². The minimum absolute atomic E-state index is 0.212. The fourth-order valence-corrected chi connectivity index (χ4v) is 4.74. The average molecular weight is 445 g/mol. The molecule has 0 atom stereocenters. The van der Waals surface area contributed by atoms with Gasteiger partial charge in [-0.15, -0.1) is 11.7 Å². The SMILES string of the molecule is C=CCN1C(=O)/C(=c2\sc3nc(-c4ccc(OCCC)cc4)nn3c2=O)c2ccccc21. The normalized spacial score (nSPS) is 14.8. The minimum atomic E-state index is -0.342. The summed E-state index contributed by atoms with van der Waals surface area (Å²) in [5, 5.41) is 4.41. The molecule has 160 valence electrons. The van der Waals surface area contributed by atoms with Crippen LogP contribution in [-0.2, 0) is 4.79 Å². The maximum Gasteiger partial charge on any atom is 0.291 e. The Morgan fingerprint density at radius 2 is 1.91 bits per heavy atom. The van der Waals surface area contributed by atoms with E-state index in [1.165, 1.54) is 15.9 Å². The zero-order valence-corrected chi connectivity index (χ0v) is 18.3. The van der Waals surface area contributed by atoms with Gasteiger partial charge >= 0.3 is 0 Å². The van der Waals surface area contributed by atoms with Crippen molar-refractivity contribution in [3.05, 3.63) is 81.6 Å². The third kappa shape index (κ3) is 3.20. The molecule has 2 aromatic heterocycles. The number of amides is 1. The smallest absolute Gasteiger partial charge is 0.291 e. The largest absolute Gasteiger partial charge is 0.494 e. The zero-order valence-electron chi connectivity index (χ0n) is 17.4. The van der Waals surface area contributed by atoms with E-state index in [1.807, 2.05) is 48.5 Å². The molecule has 0 spiro atoms. The van der Waals surface area contributed by atoms with Gasteiger partial charge in [0.1, 0.15) is 10.3 Å². The van der Waals surface area contributed by atoms with Gasteiger partial charge in [-0.05, 0) is 36.8 Å². The third-order valence-corrected chi connectivity index (χ3v) is 6.23. The fraction of sp³-hybridized carbons (Fsp3) is 0.167. The number of hydrogen-bond acceptors (Lipinski definition) is 6. The molecule has 0 radical (unpaired) electrons. The third-order valence-electron chi connectivity index (χ3n) is 5.20. The van der Waals surface area contributed by atoms with Crippen LogP contribution >= 0.6 is 11.3 Å². The molecule has 3 heterocycles. The molecule has 5 rings (SSSR count). The lowest BCUT2D eigenvalue weighted by Gasteiger charge is -2.13. The predicted molar refractivity (Wildman–Crippen MR) is 125 cm³/mol. The molecule has 7 nitrogen and oxygen atoms in total. The molecule has 32 heavy (non-hydrogen) atoms. The number of para-hydroxylation sites is 1. The molecular weight excluding hydrogens is 424 g/mol. The molecule has 0 saturated heterocycles. The Kier molecular flexibility index (Phi) is 5.07. The molecule has 8 heteroatoms. The number of thiazole rings is 1. The van der Waals surface area contributed by atoms with Crippen molar-refractivity contribution < 1.29 is 9.53 Å². The lowest BCUT2D eigenvalue weighted by Crippen LogP contribution is -2.32. The van der Waals surface area contributed by atoms with Crippen molar-refractivity contribution in [3.8, 4) is 17.1 Å². The van der Waals surface area contributed by atoms with E-state index in [0.29, 0.717) is 34.0 Å². The first-order valence-corrected chi connectivity index (χ1v) is 11.1. The lowest BCUT2D eigenvalue weighted by atomic mass is 10.1. The Hall–Kier alpha value is -3.78. The molecule has 0 aliphatic carbocycles. The molecule has 1 amide bonds. The van der Waals surface area contributed by atoms with Gasteiger partial charge in [-0.2, -0.15) is 9.50 Å². The minimum Gasteiger partial charge on any atom is -0.494 e. The van der Waals surface area contributed by atoms with E-state index >= 15 is 0 Å². The summed E-state index contributed by atoms with van der Waals surface area (Å²) in [6.45, 7) is 6.82. The predicted octanol–water partition coefficient (Wildman–Crippen LogP) is 3.06. The molecule has 4 aromatic rings. The summed E-state index contributed by atoms with van der Waals surface area (Å²) >= 11 is 1.18. The van der Waals surface area contributed by atoms with Crippen LogP contribution < -0.4 is 19.7 Å². The molecule has 0 N–H and O–H groups in total. The first-order chi connectivity index (χ1) is 15.6. The van der Waals surface area contributed by atoms with Crippen molar-refractivity contribution in [1.82, 2.24) is 14.6 Å². The second-order valence-electron chi connectivity index (χ2n) is 7.34. The number of aromatic nitrogens is 3. The van der Waals surface area contributed by atoms with Crippen LogP contribution in [0.5, 0.6) is 5.75 Å². The topological polar surface area (TPSA) is 76.8 Å². The molecule has 0 bridgehead atoms. The van der Waals surface area contributed by atoms with Gasteiger partial charge in [0.25, 0.3) is 11.5 Å². The fourth-order valence-electron chi connectivity index (χ4n) is 3.74. The molecule has 1 aliphatic rings. The number of rotatable bonds is 6. The summed E-state index contributed by atoms with van der Waals surface area (Å²) in [7, 11) is 0. The van der Waals surface area contributed by atoms with Crippen molar-refractivity contribution in [2.45, 2.75) is 13.3 Å². The monoisotopic (exact) mass is 444 g/mol. The van der Waals surface area contributed by atoms with Gasteiger partial charge in [0.05, 0.1) is 17.9 Å². The lowest BCUT2D eigenvalue weighted by molar-refractivity contribution is -0.112. The van der Waals surface area contributed by atoms with Crippen molar-refractivity contribution in [1.29, 1.82) is 0 Å². The molecule has 0 unspecified atom stereocenters. The van der Waals surface area contributed by atoms with E-state index in [2.05, 4.69) is 23.6 Å². The van der Waals surface area contributed by atoms with Gasteiger partial charge < -0.3 is 9.64 Å². The van der Waals surface area contributed by atoms with Crippen LogP contribution in [0.25, 0.3) is 21.9 Å². The summed E-state index contributed by atoms with van der Waals surface area (Å²) in [6, 6.07) is 14.9. The van der Waals surface area contributed by atoms with Gasteiger partial charge in [0.15, 0.2) is 5.82 Å². The van der Waals surface area contributed by atoms with Crippen LogP contribution in [0, 0.1) is 0 Å². The van der Waals surface area contributed by atoms with Crippen LogP contribution in [0.4, 0.5) is 5.69 Å². The van der Waals surface area contributed by atoms with Crippen LogP contribution in [0.1, 0.15) is 18.9 Å². The number of anilines is 1. The Labute approximate surface area is 187 Å². The molecule has 0 saturated carbocycles. The van der Waals surface area contributed by atoms with Gasteiger partial charge in [-0.3, -0.25) is 9.59 Å². The van der Waals surface area contributed by atoms with Crippen LogP contribution in [0.2, 0.25) is 0 Å². The highest BCUT2D eigenvalue weighted by molar-refractivity contribution is 7.15. The number of carbonyl (C=O) groups is 1. The summed E-state index contributed by atoms with van der Waals surface area (Å²) in [5.74, 6) is 1.02. The zero-order chi connectivity index (χ0) is 22.2. The Bertz CT molecular complexity index is 1450.